The fourth-order valence-electron chi connectivity index (χ4n) is 1.92. The summed E-state index contributed by atoms with van der Waals surface area (Å²) in [5.74, 6) is 0.730. The van der Waals surface area contributed by atoms with Crippen molar-refractivity contribution < 1.29 is 4.39 Å². The van der Waals surface area contributed by atoms with Gasteiger partial charge in [-0.1, -0.05) is 12.1 Å². The lowest BCUT2D eigenvalue weighted by molar-refractivity contribution is 0.628. The zero-order chi connectivity index (χ0) is 13.1. The van der Waals surface area contributed by atoms with E-state index < -0.39 is 0 Å². The molecule has 1 aromatic carbocycles. The molecule has 0 aliphatic heterocycles. The van der Waals surface area contributed by atoms with Crippen LogP contribution in [-0.2, 0) is 13.5 Å². The number of benzene rings is 1. The molecule has 0 aliphatic carbocycles. The molecule has 0 atom stereocenters. The summed E-state index contributed by atoms with van der Waals surface area (Å²) >= 11 is 3.45. The first kappa shape index (κ1) is 13.2. The van der Waals surface area contributed by atoms with Crippen LogP contribution in [0.2, 0.25) is 0 Å². The minimum atomic E-state index is -0.239. The fraction of sp³-hybridized carbons (Fsp3) is 0.308. The van der Waals surface area contributed by atoms with E-state index in [2.05, 4.69) is 26.2 Å². The molecule has 0 aliphatic rings. The lowest BCUT2D eigenvalue weighted by Crippen LogP contribution is -2.13. The van der Waals surface area contributed by atoms with E-state index in [-0.39, 0.29) is 5.82 Å². The molecule has 0 radical (unpaired) electrons. The average molecular weight is 312 g/mol. The highest BCUT2D eigenvalue weighted by Gasteiger charge is 2.14. The molecular formula is C13H15BrFN3. The van der Waals surface area contributed by atoms with Gasteiger partial charge in [0.25, 0.3) is 0 Å². The molecule has 3 nitrogen and oxygen atoms in total. The van der Waals surface area contributed by atoms with E-state index >= 15 is 0 Å². The highest BCUT2D eigenvalue weighted by molar-refractivity contribution is 9.10. The van der Waals surface area contributed by atoms with Gasteiger partial charge in [0, 0.05) is 25.6 Å². The monoisotopic (exact) mass is 311 g/mol. The first-order chi connectivity index (χ1) is 8.63. The van der Waals surface area contributed by atoms with Crippen LogP contribution in [0, 0.1) is 5.82 Å². The second kappa shape index (κ2) is 5.63. The molecule has 5 heteroatoms. The molecule has 2 rings (SSSR count). The van der Waals surface area contributed by atoms with Crippen molar-refractivity contribution in [3.05, 3.63) is 40.5 Å². The molecule has 0 amide bonds. The lowest BCUT2D eigenvalue weighted by atomic mass is 10.1. The Kier molecular flexibility index (Phi) is 4.14. The van der Waals surface area contributed by atoms with Crippen LogP contribution in [-0.4, -0.2) is 23.1 Å². The molecule has 0 saturated heterocycles. The van der Waals surface area contributed by atoms with E-state index in [4.69, 9.17) is 0 Å². The minimum Gasteiger partial charge on any atom is -0.330 e. The highest BCUT2D eigenvalue weighted by atomic mass is 79.9. The first-order valence-corrected chi connectivity index (χ1v) is 6.54. The van der Waals surface area contributed by atoms with Gasteiger partial charge >= 0.3 is 0 Å². The van der Waals surface area contributed by atoms with Crippen LogP contribution in [0.4, 0.5) is 4.39 Å². The maximum absolute atomic E-state index is 13.3. The second-order valence-electron chi connectivity index (χ2n) is 4.09. The van der Waals surface area contributed by atoms with E-state index in [9.17, 15) is 4.39 Å². The molecule has 18 heavy (non-hydrogen) atoms. The van der Waals surface area contributed by atoms with Crippen LogP contribution in [0.25, 0.3) is 11.3 Å². The third-order valence-electron chi connectivity index (χ3n) is 2.84. The molecule has 0 spiro atoms. The maximum Gasteiger partial charge on any atom is 0.132 e. The second-order valence-corrected chi connectivity index (χ2v) is 4.84. The SMILES string of the molecule is CNCCc1nc(Br)c(-c2cccc(F)c2)n1C. The van der Waals surface area contributed by atoms with Gasteiger partial charge in [-0.3, -0.25) is 0 Å². The van der Waals surface area contributed by atoms with Crippen LogP contribution in [0.3, 0.4) is 0 Å². The molecule has 1 N–H and O–H groups in total. The zero-order valence-corrected chi connectivity index (χ0v) is 12.0. The van der Waals surface area contributed by atoms with Crippen LogP contribution in [0.1, 0.15) is 5.82 Å². The summed E-state index contributed by atoms with van der Waals surface area (Å²) in [7, 11) is 3.86. The molecule has 0 unspecified atom stereocenters. The van der Waals surface area contributed by atoms with E-state index in [1.165, 1.54) is 12.1 Å². The van der Waals surface area contributed by atoms with E-state index in [0.29, 0.717) is 0 Å². The fourth-order valence-corrected chi connectivity index (χ4v) is 2.62. The van der Waals surface area contributed by atoms with Gasteiger partial charge in [0.1, 0.15) is 16.2 Å². The molecule has 0 bridgehead atoms. The van der Waals surface area contributed by atoms with Gasteiger partial charge in [0.15, 0.2) is 0 Å². The Balaban J connectivity index is 2.42. The van der Waals surface area contributed by atoms with E-state index in [0.717, 1.165) is 34.7 Å². The number of nitrogens with one attached hydrogen (secondary N) is 1. The van der Waals surface area contributed by atoms with E-state index in [1.807, 2.05) is 24.7 Å². The maximum atomic E-state index is 13.3. The van der Waals surface area contributed by atoms with Gasteiger partial charge in [-0.15, -0.1) is 0 Å². The zero-order valence-electron chi connectivity index (χ0n) is 10.4. The van der Waals surface area contributed by atoms with Crippen LogP contribution < -0.4 is 5.32 Å². The number of imidazole rings is 1. The number of nitrogens with zero attached hydrogens (tertiary/aromatic N) is 2. The van der Waals surface area contributed by atoms with Crippen molar-refractivity contribution in [1.29, 1.82) is 0 Å². The van der Waals surface area contributed by atoms with Crippen molar-refractivity contribution >= 4 is 15.9 Å². The van der Waals surface area contributed by atoms with Gasteiger partial charge < -0.3 is 9.88 Å². The minimum absolute atomic E-state index is 0.239. The van der Waals surface area contributed by atoms with Crippen molar-refractivity contribution in [2.75, 3.05) is 13.6 Å². The molecular weight excluding hydrogens is 297 g/mol. The molecule has 96 valence electrons. The summed E-state index contributed by atoms with van der Waals surface area (Å²) in [4.78, 5) is 4.47. The smallest absolute Gasteiger partial charge is 0.132 e. The number of hydrogen-bond acceptors (Lipinski definition) is 2. The largest absolute Gasteiger partial charge is 0.330 e. The molecule has 1 heterocycles. The summed E-state index contributed by atoms with van der Waals surface area (Å²) < 4.78 is 16.0. The van der Waals surface area contributed by atoms with Gasteiger partial charge in [0.05, 0.1) is 5.69 Å². The quantitative estimate of drug-likeness (QED) is 0.941. The Bertz CT molecular complexity index is 551. The van der Waals surface area contributed by atoms with Crippen LogP contribution >= 0.6 is 15.9 Å². The summed E-state index contributed by atoms with van der Waals surface area (Å²) in [6, 6.07) is 6.55. The topological polar surface area (TPSA) is 29.9 Å². The standard InChI is InChI=1S/C13H15BrFN3/c1-16-7-6-11-17-13(14)12(18(11)2)9-4-3-5-10(15)8-9/h3-5,8,16H,6-7H2,1-2H3. The molecule has 2 aromatic rings. The van der Waals surface area contributed by atoms with Gasteiger partial charge in [-0.05, 0) is 35.1 Å². The van der Waals surface area contributed by atoms with Crippen LogP contribution in [0.5, 0.6) is 0 Å². The van der Waals surface area contributed by atoms with Gasteiger partial charge in [-0.2, -0.15) is 0 Å². The first-order valence-electron chi connectivity index (χ1n) is 5.75. The Hall–Kier alpha value is -1.20. The third kappa shape index (κ3) is 2.62. The summed E-state index contributed by atoms with van der Waals surface area (Å²) in [5.41, 5.74) is 1.73. The van der Waals surface area contributed by atoms with E-state index in [1.54, 1.807) is 6.07 Å². The number of likely N-dealkylation sites (N-methyl/N-ethyl adjacent to an activating group) is 1. The predicted molar refractivity (Wildman–Crippen MR) is 73.9 cm³/mol. The van der Waals surface area contributed by atoms with Crippen molar-refractivity contribution in [2.45, 2.75) is 6.42 Å². The number of hydrogen-bond donors (Lipinski definition) is 1. The van der Waals surface area contributed by atoms with Crippen LogP contribution in [0.15, 0.2) is 28.9 Å². The summed E-state index contributed by atoms with van der Waals surface area (Å²) in [6.45, 7) is 0.861. The normalized spacial score (nSPS) is 10.9. The van der Waals surface area contributed by atoms with Crippen molar-refractivity contribution in [2.24, 2.45) is 7.05 Å². The number of rotatable bonds is 4. The van der Waals surface area contributed by atoms with Crippen molar-refractivity contribution in [3.8, 4) is 11.3 Å². The van der Waals surface area contributed by atoms with Crippen molar-refractivity contribution in [1.82, 2.24) is 14.9 Å². The number of halogens is 2. The number of aromatic nitrogens is 2. The Labute approximate surface area is 114 Å². The lowest BCUT2D eigenvalue weighted by Gasteiger charge is -2.06. The summed E-state index contributed by atoms with van der Waals surface area (Å²) in [5, 5.41) is 3.09. The molecule has 1 aromatic heterocycles. The Morgan fingerprint density at radius 1 is 1.44 bits per heavy atom. The van der Waals surface area contributed by atoms with Crippen molar-refractivity contribution in [3.63, 3.8) is 0 Å². The predicted octanol–water partition coefficient (Wildman–Crippen LogP) is 2.75. The third-order valence-corrected chi connectivity index (χ3v) is 3.39. The van der Waals surface area contributed by atoms with Gasteiger partial charge in [0.2, 0.25) is 0 Å². The average Bonchev–Trinajstić information content (AvgIpc) is 2.62. The Morgan fingerprint density at radius 2 is 2.22 bits per heavy atom. The summed E-state index contributed by atoms with van der Waals surface area (Å²) in [6.07, 6.45) is 0.834. The highest BCUT2D eigenvalue weighted by Crippen LogP contribution is 2.28. The molecule has 0 fully saturated rings. The van der Waals surface area contributed by atoms with Gasteiger partial charge in [-0.25, -0.2) is 9.37 Å². The molecule has 0 saturated carbocycles. The Morgan fingerprint density at radius 3 is 2.89 bits per heavy atom.